The Balaban J connectivity index is 1.50. The molecule has 0 bridgehead atoms. The van der Waals surface area contributed by atoms with E-state index in [1.165, 1.54) is 84.2 Å². The molecule has 3 heteroatoms. The van der Waals surface area contributed by atoms with E-state index in [0.29, 0.717) is 0 Å². The maximum atomic E-state index is 3.40. The van der Waals surface area contributed by atoms with Gasteiger partial charge in [0.25, 0.3) is 0 Å². The number of rotatable bonds is 8. The van der Waals surface area contributed by atoms with Crippen molar-refractivity contribution in [3.05, 3.63) is 0 Å². The molecule has 0 spiro atoms. The monoisotopic (exact) mass is 267 g/mol. The van der Waals surface area contributed by atoms with Gasteiger partial charge in [-0.2, -0.15) is 0 Å². The number of nitrogens with zero attached hydrogens (tertiary/aromatic N) is 2. The largest absolute Gasteiger partial charge is 0.317 e. The van der Waals surface area contributed by atoms with Crippen molar-refractivity contribution in [2.75, 3.05) is 45.8 Å². The molecule has 2 heterocycles. The first-order valence-corrected chi connectivity index (χ1v) is 8.57. The quantitative estimate of drug-likeness (QED) is 0.681. The van der Waals surface area contributed by atoms with Crippen LogP contribution in [0.3, 0.4) is 0 Å². The summed E-state index contributed by atoms with van der Waals surface area (Å²) in [7, 11) is 0. The highest BCUT2D eigenvalue weighted by Gasteiger charge is 2.28. The predicted octanol–water partition coefficient (Wildman–Crippen LogP) is 2.33. The number of fused-ring (bicyclic) bond motifs is 1. The van der Waals surface area contributed by atoms with Crippen LogP contribution < -0.4 is 5.32 Å². The Kier molecular flexibility index (Phi) is 7.18. The van der Waals surface area contributed by atoms with E-state index in [2.05, 4.69) is 22.0 Å². The van der Waals surface area contributed by atoms with Gasteiger partial charge in [-0.05, 0) is 51.9 Å². The molecule has 112 valence electrons. The van der Waals surface area contributed by atoms with Gasteiger partial charge in [0, 0.05) is 25.7 Å². The standard InChI is InChI=1S/C16H33N3/c1-2-17-10-6-3-4-7-11-18-13-14-19-12-8-5-9-16(19)15-18/h16-17H,2-15H2,1H3. The normalized spacial score (nSPS) is 25.4. The molecular weight excluding hydrogens is 234 g/mol. The van der Waals surface area contributed by atoms with Crippen LogP contribution in [0.25, 0.3) is 0 Å². The molecule has 0 radical (unpaired) electrons. The summed E-state index contributed by atoms with van der Waals surface area (Å²) in [5.74, 6) is 0. The molecule has 0 aromatic carbocycles. The van der Waals surface area contributed by atoms with Gasteiger partial charge in [-0.25, -0.2) is 0 Å². The molecule has 2 aliphatic rings. The maximum Gasteiger partial charge on any atom is 0.0223 e. The van der Waals surface area contributed by atoms with Gasteiger partial charge >= 0.3 is 0 Å². The molecule has 0 aromatic rings. The van der Waals surface area contributed by atoms with Crippen molar-refractivity contribution in [2.45, 2.75) is 57.9 Å². The summed E-state index contributed by atoms with van der Waals surface area (Å²) in [6.07, 6.45) is 9.90. The van der Waals surface area contributed by atoms with Gasteiger partial charge in [0.15, 0.2) is 0 Å². The third-order valence-corrected chi connectivity index (χ3v) is 4.75. The lowest BCUT2D eigenvalue weighted by molar-refractivity contribution is 0.0486. The molecule has 3 nitrogen and oxygen atoms in total. The zero-order valence-electron chi connectivity index (χ0n) is 12.9. The molecule has 2 rings (SSSR count). The number of hydrogen-bond acceptors (Lipinski definition) is 3. The molecule has 2 fully saturated rings. The zero-order chi connectivity index (χ0) is 13.3. The molecule has 0 saturated carbocycles. The molecular formula is C16H33N3. The molecule has 1 N–H and O–H groups in total. The Morgan fingerprint density at radius 2 is 1.89 bits per heavy atom. The third kappa shape index (κ3) is 5.41. The second-order valence-corrected chi connectivity index (χ2v) is 6.25. The van der Waals surface area contributed by atoms with Gasteiger partial charge < -0.3 is 10.2 Å². The predicted molar refractivity (Wildman–Crippen MR) is 82.7 cm³/mol. The summed E-state index contributed by atoms with van der Waals surface area (Å²) in [6, 6.07) is 0.885. The Morgan fingerprint density at radius 3 is 2.79 bits per heavy atom. The SMILES string of the molecule is CCNCCCCCCN1CCN2CCCCC2C1. The average molecular weight is 267 g/mol. The second-order valence-electron chi connectivity index (χ2n) is 6.25. The van der Waals surface area contributed by atoms with E-state index in [-0.39, 0.29) is 0 Å². The van der Waals surface area contributed by atoms with Crippen molar-refractivity contribution < 1.29 is 0 Å². The van der Waals surface area contributed by atoms with Crippen LogP contribution in [0.15, 0.2) is 0 Å². The number of hydrogen-bond donors (Lipinski definition) is 1. The second kappa shape index (κ2) is 8.93. The highest BCUT2D eigenvalue weighted by Crippen LogP contribution is 2.21. The highest BCUT2D eigenvalue weighted by molar-refractivity contribution is 4.84. The van der Waals surface area contributed by atoms with Crippen LogP contribution >= 0.6 is 0 Å². The minimum Gasteiger partial charge on any atom is -0.317 e. The van der Waals surface area contributed by atoms with E-state index < -0.39 is 0 Å². The van der Waals surface area contributed by atoms with Crippen molar-refractivity contribution in [2.24, 2.45) is 0 Å². The Morgan fingerprint density at radius 1 is 1.00 bits per heavy atom. The van der Waals surface area contributed by atoms with Crippen LogP contribution in [-0.4, -0.2) is 61.7 Å². The summed E-state index contributed by atoms with van der Waals surface area (Å²) in [5, 5.41) is 3.40. The van der Waals surface area contributed by atoms with E-state index in [1.807, 2.05) is 0 Å². The summed E-state index contributed by atoms with van der Waals surface area (Å²) in [6.45, 7) is 11.2. The van der Waals surface area contributed by atoms with Crippen molar-refractivity contribution in [1.82, 2.24) is 15.1 Å². The number of piperidine rings is 1. The zero-order valence-corrected chi connectivity index (χ0v) is 12.9. The van der Waals surface area contributed by atoms with Crippen molar-refractivity contribution in [3.8, 4) is 0 Å². The van der Waals surface area contributed by atoms with Crippen LogP contribution in [-0.2, 0) is 0 Å². The molecule has 1 unspecified atom stereocenters. The van der Waals surface area contributed by atoms with E-state index in [1.54, 1.807) is 0 Å². The molecule has 2 aliphatic heterocycles. The highest BCUT2D eigenvalue weighted by atomic mass is 15.3. The first-order chi connectivity index (χ1) is 9.40. The number of nitrogens with one attached hydrogen (secondary N) is 1. The molecule has 0 amide bonds. The summed E-state index contributed by atoms with van der Waals surface area (Å²) < 4.78 is 0. The van der Waals surface area contributed by atoms with E-state index in [0.717, 1.165) is 12.6 Å². The fourth-order valence-electron chi connectivity index (χ4n) is 3.54. The minimum atomic E-state index is 0.885. The summed E-state index contributed by atoms with van der Waals surface area (Å²) in [5.41, 5.74) is 0. The van der Waals surface area contributed by atoms with E-state index in [9.17, 15) is 0 Å². The summed E-state index contributed by atoms with van der Waals surface area (Å²) in [4.78, 5) is 5.45. The van der Waals surface area contributed by atoms with Crippen LogP contribution in [0.4, 0.5) is 0 Å². The Bertz CT molecular complexity index is 232. The molecule has 19 heavy (non-hydrogen) atoms. The van der Waals surface area contributed by atoms with Crippen LogP contribution in [0.5, 0.6) is 0 Å². The van der Waals surface area contributed by atoms with Gasteiger partial charge in [0.2, 0.25) is 0 Å². The maximum absolute atomic E-state index is 3.40. The van der Waals surface area contributed by atoms with Crippen molar-refractivity contribution in [3.63, 3.8) is 0 Å². The van der Waals surface area contributed by atoms with Gasteiger partial charge in [0.05, 0.1) is 0 Å². The summed E-state index contributed by atoms with van der Waals surface area (Å²) >= 11 is 0. The molecule has 0 aliphatic carbocycles. The van der Waals surface area contributed by atoms with Gasteiger partial charge in [0.1, 0.15) is 0 Å². The molecule has 0 aromatic heterocycles. The van der Waals surface area contributed by atoms with E-state index >= 15 is 0 Å². The first kappa shape index (κ1) is 15.3. The first-order valence-electron chi connectivity index (χ1n) is 8.57. The topological polar surface area (TPSA) is 18.5 Å². The fourth-order valence-corrected chi connectivity index (χ4v) is 3.54. The van der Waals surface area contributed by atoms with E-state index in [4.69, 9.17) is 0 Å². The van der Waals surface area contributed by atoms with Crippen molar-refractivity contribution >= 4 is 0 Å². The van der Waals surface area contributed by atoms with Gasteiger partial charge in [-0.3, -0.25) is 4.90 Å². The average Bonchev–Trinajstić information content (AvgIpc) is 2.46. The third-order valence-electron chi connectivity index (χ3n) is 4.75. The smallest absolute Gasteiger partial charge is 0.0223 e. The van der Waals surface area contributed by atoms with Crippen molar-refractivity contribution in [1.29, 1.82) is 0 Å². The number of piperazine rings is 1. The minimum absolute atomic E-state index is 0.885. The lowest BCUT2D eigenvalue weighted by Gasteiger charge is -2.44. The lowest BCUT2D eigenvalue weighted by Crippen LogP contribution is -2.54. The lowest BCUT2D eigenvalue weighted by atomic mass is 9.99. The van der Waals surface area contributed by atoms with Gasteiger partial charge in [-0.15, -0.1) is 0 Å². The van der Waals surface area contributed by atoms with Crippen LogP contribution in [0.2, 0.25) is 0 Å². The Labute approximate surface area is 119 Å². The molecule has 2 saturated heterocycles. The molecule has 1 atom stereocenters. The van der Waals surface area contributed by atoms with Gasteiger partial charge in [-0.1, -0.05) is 26.2 Å². The van der Waals surface area contributed by atoms with Crippen LogP contribution in [0.1, 0.15) is 51.9 Å². The fraction of sp³-hybridized carbons (Fsp3) is 1.00. The number of unbranched alkanes of at least 4 members (excludes halogenated alkanes) is 3. The Hall–Kier alpha value is -0.120. The van der Waals surface area contributed by atoms with Crippen LogP contribution in [0, 0.1) is 0 Å².